The number of aromatic nitrogens is 3. The van der Waals surface area contributed by atoms with E-state index < -0.39 is 5.60 Å². The zero-order valence-corrected chi connectivity index (χ0v) is 16.2. The molecule has 1 amide bonds. The lowest BCUT2D eigenvalue weighted by Gasteiger charge is -2.37. The normalized spacial score (nSPS) is 16.4. The second-order valence-electron chi connectivity index (χ2n) is 7.03. The number of para-hydroxylation sites is 1. The SMILES string of the molecule is COC1(c2nc(-c3ccccn3)no2)CCN(CC(=O)Nc2ccccc2)CC1. The summed E-state index contributed by atoms with van der Waals surface area (Å²) in [6, 6.07) is 15.0. The lowest BCUT2D eigenvalue weighted by atomic mass is 9.91. The van der Waals surface area contributed by atoms with E-state index in [9.17, 15) is 4.79 Å². The molecule has 0 atom stereocenters. The number of nitrogens with zero attached hydrogens (tertiary/aromatic N) is 4. The molecular formula is C21H23N5O3. The fourth-order valence-corrected chi connectivity index (χ4v) is 3.51. The molecule has 1 saturated heterocycles. The maximum Gasteiger partial charge on any atom is 0.259 e. The third-order valence-corrected chi connectivity index (χ3v) is 5.19. The van der Waals surface area contributed by atoms with Crippen LogP contribution in [0.5, 0.6) is 0 Å². The smallest absolute Gasteiger partial charge is 0.259 e. The molecule has 1 N–H and O–H groups in total. The van der Waals surface area contributed by atoms with Gasteiger partial charge in [0.05, 0.1) is 6.54 Å². The van der Waals surface area contributed by atoms with Gasteiger partial charge in [0, 0.05) is 32.1 Å². The molecule has 0 bridgehead atoms. The van der Waals surface area contributed by atoms with Crippen LogP contribution in [0.1, 0.15) is 18.7 Å². The van der Waals surface area contributed by atoms with Crippen molar-refractivity contribution in [1.82, 2.24) is 20.0 Å². The summed E-state index contributed by atoms with van der Waals surface area (Å²) in [5.74, 6) is 0.868. The van der Waals surface area contributed by atoms with Crippen molar-refractivity contribution < 1.29 is 14.1 Å². The van der Waals surface area contributed by atoms with E-state index in [1.54, 1.807) is 13.3 Å². The predicted molar refractivity (Wildman–Crippen MR) is 107 cm³/mol. The fourth-order valence-electron chi connectivity index (χ4n) is 3.51. The number of pyridine rings is 1. The number of carbonyl (C=O) groups excluding carboxylic acids is 1. The summed E-state index contributed by atoms with van der Waals surface area (Å²) in [4.78, 5) is 23.2. The first-order valence-corrected chi connectivity index (χ1v) is 9.56. The van der Waals surface area contributed by atoms with Gasteiger partial charge in [-0.3, -0.25) is 14.7 Å². The van der Waals surface area contributed by atoms with E-state index >= 15 is 0 Å². The van der Waals surface area contributed by atoms with Crippen LogP contribution in [0.3, 0.4) is 0 Å². The number of likely N-dealkylation sites (tertiary alicyclic amines) is 1. The summed E-state index contributed by atoms with van der Waals surface area (Å²) in [5, 5.41) is 6.98. The molecule has 3 aromatic rings. The summed E-state index contributed by atoms with van der Waals surface area (Å²) in [6.45, 7) is 1.71. The lowest BCUT2D eigenvalue weighted by molar-refractivity contribution is -0.120. The highest BCUT2D eigenvalue weighted by Crippen LogP contribution is 2.35. The van der Waals surface area contributed by atoms with Gasteiger partial charge in [-0.15, -0.1) is 0 Å². The Balaban J connectivity index is 1.38. The largest absolute Gasteiger partial charge is 0.368 e. The van der Waals surface area contributed by atoms with E-state index in [2.05, 4.69) is 25.3 Å². The van der Waals surface area contributed by atoms with E-state index in [-0.39, 0.29) is 5.91 Å². The molecule has 8 nitrogen and oxygen atoms in total. The van der Waals surface area contributed by atoms with Gasteiger partial charge in [-0.25, -0.2) is 0 Å². The van der Waals surface area contributed by atoms with Crippen LogP contribution < -0.4 is 5.32 Å². The van der Waals surface area contributed by atoms with Gasteiger partial charge in [-0.1, -0.05) is 29.4 Å². The first-order chi connectivity index (χ1) is 14.2. The average Bonchev–Trinajstić information content (AvgIpc) is 3.27. The molecule has 29 heavy (non-hydrogen) atoms. The molecule has 8 heteroatoms. The van der Waals surface area contributed by atoms with Crippen LogP contribution in [0, 0.1) is 0 Å². The first kappa shape index (κ1) is 19.2. The molecule has 2 aromatic heterocycles. The Kier molecular flexibility index (Phi) is 5.64. The quantitative estimate of drug-likeness (QED) is 0.688. The molecular weight excluding hydrogens is 370 g/mol. The van der Waals surface area contributed by atoms with Gasteiger partial charge in [-0.05, 0) is 37.1 Å². The number of anilines is 1. The molecule has 1 aliphatic rings. The lowest BCUT2D eigenvalue weighted by Crippen LogP contribution is -2.46. The standard InChI is InChI=1S/C21H23N5O3/c1-28-21(20-24-19(25-29-20)17-9-5-6-12-22-17)10-13-26(14-11-21)15-18(27)23-16-7-3-2-4-8-16/h2-9,12H,10-11,13-15H2,1H3,(H,23,27). The molecule has 0 unspecified atom stereocenters. The molecule has 0 radical (unpaired) electrons. The zero-order chi connectivity index (χ0) is 20.1. The Bertz CT molecular complexity index is 937. The number of rotatable bonds is 6. The fraction of sp³-hybridized carbons (Fsp3) is 0.333. The summed E-state index contributed by atoms with van der Waals surface area (Å²) in [6.07, 6.45) is 3.01. The van der Waals surface area contributed by atoms with Crippen molar-refractivity contribution >= 4 is 11.6 Å². The van der Waals surface area contributed by atoms with Crippen LogP contribution in [-0.2, 0) is 15.1 Å². The molecule has 1 aromatic carbocycles. The van der Waals surface area contributed by atoms with Crippen molar-refractivity contribution in [1.29, 1.82) is 0 Å². The minimum absolute atomic E-state index is 0.0312. The van der Waals surface area contributed by atoms with Gasteiger partial charge in [0.1, 0.15) is 11.3 Å². The molecule has 1 aliphatic heterocycles. The summed E-state index contributed by atoms with van der Waals surface area (Å²) in [5.41, 5.74) is 0.810. The van der Waals surface area contributed by atoms with Crippen molar-refractivity contribution in [2.24, 2.45) is 0 Å². The first-order valence-electron chi connectivity index (χ1n) is 9.56. The number of nitrogens with one attached hydrogen (secondary N) is 1. The molecule has 1 fully saturated rings. The monoisotopic (exact) mass is 393 g/mol. The number of ether oxygens (including phenoxy) is 1. The second kappa shape index (κ2) is 8.50. The molecule has 0 aliphatic carbocycles. The minimum atomic E-state index is -0.646. The van der Waals surface area contributed by atoms with Crippen LogP contribution in [0.4, 0.5) is 5.69 Å². The Morgan fingerprint density at radius 1 is 1.17 bits per heavy atom. The predicted octanol–water partition coefficient (Wildman–Crippen LogP) is 2.71. The van der Waals surface area contributed by atoms with E-state index in [1.807, 2.05) is 48.5 Å². The van der Waals surface area contributed by atoms with Gasteiger partial charge < -0.3 is 14.6 Å². The van der Waals surface area contributed by atoms with Crippen LogP contribution in [0.2, 0.25) is 0 Å². The van der Waals surface area contributed by atoms with Crippen LogP contribution in [0.25, 0.3) is 11.5 Å². The maximum absolute atomic E-state index is 12.3. The van der Waals surface area contributed by atoms with Crippen LogP contribution in [0.15, 0.2) is 59.3 Å². The maximum atomic E-state index is 12.3. The van der Waals surface area contributed by atoms with Gasteiger partial charge in [0.25, 0.3) is 5.89 Å². The number of benzene rings is 1. The topological polar surface area (TPSA) is 93.4 Å². The van der Waals surface area contributed by atoms with Crippen molar-refractivity contribution in [2.75, 3.05) is 32.1 Å². The number of methoxy groups -OCH3 is 1. The van der Waals surface area contributed by atoms with Crippen LogP contribution in [-0.4, -0.2) is 52.7 Å². The van der Waals surface area contributed by atoms with Crippen molar-refractivity contribution in [2.45, 2.75) is 18.4 Å². The number of hydrogen-bond acceptors (Lipinski definition) is 7. The molecule has 4 rings (SSSR count). The molecule has 0 saturated carbocycles. The van der Waals surface area contributed by atoms with E-state index in [4.69, 9.17) is 9.26 Å². The highest BCUT2D eigenvalue weighted by atomic mass is 16.5. The highest BCUT2D eigenvalue weighted by Gasteiger charge is 2.41. The van der Waals surface area contributed by atoms with Crippen molar-refractivity contribution in [3.63, 3.8) is 0 Å². The third-order valence-electron chi connectivity index (χ3n) is 5.19. The third kappa shape index (κ3) is 4.33. The van der Waals surface area contributed by atoms with Crippen molar-refractivity contribution in [3.8, 4) is 11.5 Å². The molecule has 0 spiro atoms. The molecule has 3 heterocycles. The Morgan fingerprint density at radius 2 is 1.93 bits per heavy atom. The number of piperidine rings is 1. The number of hydrogen-bond donors (Lipinski definition) is 1. The Morgan fingerprint density at radius 3 is 2.62 bits per heavy atom. The van der Waals surface area contributed by atoms with E-state index in [1.165, 1.54) is 0 Å². The van der Waals surface area contributed by atoms with Gasteiger partial charge >= 0.3 is 0 Å². The second-order valence-corrected chi connectivity index (χ2v) is 7.03. The average molecular weight is 393 g/mol. The number of carbonyl (C=O) groups is 1. The Hall–Kier alpha value is -3.10. The van der Waals surface area contributed by atoms with Gasteiger partial charge in [-0.2, -0.15) is 4.98 Å². The van der Waals surface area contributed by atoms with E-state index in [0.717, 1.165) is 5.69 Å². The highest BCUT2D eigenvalue weighted by molar-refractivity contribution is 5.92. The summed E-state index contributed by atoms with van der Waals surface area (Å²) < 4.78 is 11.3. The summed E-state index contributed by atoms with van der Waals surface area (Å²) >= 11 is 0. The number of amides is 1. The molecule has 150 valence electrons. The van der Waals surface area contributed by atoms with Crippen LogP contribution >= 0.6 is 0 Å². The van der Waals surface area contributed by atoms with Gasteiger partial charge in [0.15, 0.2) is 0 Å². The van der Waals surface area contributed by atoms with Gasteiger partial charge in [0.2, 0.25) is 11.7 Å². The zero-order valence-electron chi connectivity index (χ0n) is 16.2. The summed E-state index contributed by atoms with van der Waals surface area (Å²) in [7, 11) is 1.66. The van der Waals surface area contributed by atoms with Crippen molar-refractivity contribution in [3.05, 3.63) is 60.6 Å². The minimum Gasteiger partial charge on any atom is -0.368 e. The van der Waals surface area contributed by atoms with E-state index in [0.29, 0.717) is 49.9 Å². The Labute approximate surface area is 168 Å².